The van der Waals surface area contributed by atoms with Crippen LogP contribution in [0.1, 0.15) is 20.7 Å². The van der Waals surface area contributed by atoms with Crippen LogP contribution in [0.25, 0.3) is 0 Å². The molecule has 0 atom stereocenters. The second kappa shape index (κ2) is 4.42. The molecule has 92 valence electrons. The minimum atomic E-state index is -3.57. The second-order valence-electron chi connectivity index (χ2n) is 3.32. The molecular formula is C9H10N2O5S. The summed E-state index contributed by atoms with van der Waals surface area (Å²) >= 11 is 0. The molecule has 1 aromatic rings. The SMILES string of the molecule is CS(=O)(=O)Nc1cc(N)c(C(=O)O)cc1C=O. The van der Waals surface area contributed by atoms with E-state index < -0.39 is 16.0 Å². The van der Waals surface area contributed by atoms with Crippen molar-refractivity contribution in [3.8, 4) is 0 Å². The van der Waals surface area contributed by atoms with Gasteiger partial charge in [0.15, 0.2) is 6.29 Å². The third-order valence-electron chi connectivity index (χ3n) is 1.87. The lowest BCUT2D eigenvalue weighted by Crippen LogP contribution is -2.13. The summed E-state index contributed by atoms with van der Waals surface area (Å²) in [5.74, 6) is -1.29. The van der Waals surface area contributed by atoms with Gasteiger partial charge in [0.25, 0.3) is 0 Å². The molecule has 7 nitrogen and oxygen atoms in total. The molecule has 0 aliphatic heterocycles. The van der Waals surface area contributed by atoms with Crippen molar-refractivity contribution in [3.05, 3.63) is 23.3 Å². The zero-order valence-electron chi connectivity index (χ0n) is 8.80. The van der Waals surface area contributed by atoms with E-state index in [4.69, 9.17) is 10.8 Å². The highest BCUT2D eigenvalue weighted by Crippen LogP contribution is 2.23. The van der Waals surface area contributed by atoms with Crippen LogP contribution in [0.2, 0.25) is 0 Å². The Morgan fingerprint density at radius 3 is 2.47 bits per heavy atom. The molecule has 0 aliphatic rings. The number of sulfonamides is 1. The molecule has 1 aromatic carbocycles. The minimum absolute atomic E-state index is 0.0509. The number of aromatic carboxylic acids is 1. The lowest BCUT2D eigenvalue weighted by molar-refractivity contribution is 0.0698. The number of carbonyl (C=O) groups is 2. The van der Waals surface area contributed by atoms with Gasteiger partial charge in [-0.2, -0.15) is 0 Å². The van der Waals surface area contributed by atoms with Gasteiger partial charge in [0.2, 0.25) is 10.0 Å². The molecule has 17 heavy (non-hydrogen) atoms. The van der Waals surface area contributed by atoms with Gasteiger partial charge in [-0.25, -0.2) is 13.2 Å². The highest BCUT2D eigenvalue weighted by Gasteiger charge is 2.14. The Kier molecular flexibility index (Phi) is 3.37. The number of hydrogen-bond acceptors (Lipinski definition) is 5. The molecule has 0 saturated heterocycles. The standard InChI is InChI=1S/C9H10N2O5S/c1-17(15,16)11-8-3-7(10)6(9(13)14)2-5(8)4-12/h2-4,11H,10H2,1H3,(H,13,14). The monoisotopic (exact) mass is 258 g/mol. The summed E-state index contributed by atoms with van der Waals surface area (Å²) in [5, 5.41) is 8.77. The number of aldehydes is 1. The highest BCUT2D eigenvalue weighted by molar-refractivity contribution is 7.92. The summed E-state index contributed by atoms with van der Waals surface area (Å²) in [6.07, 6.45) is 1.25. The van der Waals surface area contributed by atoms with Crippen LogP contribution in [0.15, 0.2) is 12.1 Å². The first kappa shape index (κ1) is 13.0. The normalized spacial score (nSPS) is 10.9. The molecule has 0 unspecified atom stereocenters. The van der Waals surface area contributed by atoms with Crippen LogP contribution >= 0.6 is 0 Å². The van der Waals surface area contributed by atoms with Crippen LogP contribution in [0.4, 0.5) is 11.4 Å². The molecule has 0 saturated carbocycles. The maximum atomic E-state index is 11.0. The first-order valence-electron chi connectivity index (χ1n) is 4.34. The molecule has 0 radical (unpaired) electrons. The van der Waals surface area contributed by atoms with Crippen molar-refractivity contribution in [2.45, 2.75) is 0 Å². The number of nitrogens with two attached hydrogens (primary N) is 1. The van der Waals surface area contributed by atoms with E-state index in [2.05, 4.69) is 4.72 Å². The molecule has 0 aliphatic carbocycles. The summed E-state index contributed by atoms with van der Waals surface area (Å²) in [6.45, 7) is 0. The van der Waals surface area contributed by atoms with Gasteiger partial charge in [0.1, 0.15) is 0 Å². The number of carboxylic acid groups (broad SMARTS) is 1. The maximum Gasteiger partial charge on any atom is 0.337 e. The third-order valence-corrected chi connectivity index (χ3v) is 2.47. The summed E-state index contributed by atoms with van der Waals surface area (Å²) in [4.78, 5) is 21.5. The predicted molar refractivity (Wildman–Crippen MR) is 61.7 cm³/mol. The first-order chi connectivity index (χ1) is 7.74. The molecule has 4 N–H and O–H groups in total. The molecule has 8 heteroatoms. The van der Waals surface area contributed by atoms with E-state index in [-0.39, 0.29) is 22.5 Å². The number of benzene rings is 1. The maximum absolute atomic E-state index is 11.0. The Hall–Kier alpha value is -2.09. The average Bonchev–Trinajstić information content (AvgIpc) is 2.14. The minimum Gasteiger partial charge on any atom is -0.478 e. The van der Waals surface area contributed by atoms with Crippen molar-refractivity contribution in [1.82, 2.24) is 0 Å². The van der Waals surface area contributed by atoms with Crippen molar-refractivity contribution in [2.75, 3.05) is 16.7 Å². The van der Waals surface area contributed by atoms with E-state index in [0.717, 1.165) is 18.4 Å². The third kappa shape index (κ3) is 3.18. The fourth-order valence-corrected chi connectivity index (χ4v) is 1.78. The Morgan fingerprint density at radius 1 is 1.47 bits per heavy atom. The Labute approximate surface area is 97.3 Å². The number of rotatable bonds is 4. The number of anilines is 2. The zero-order valence-corrected chi connectivity index (χ0v) is 9.61. The van der Waals surface area contributed by atoms with Crippen LogP contribution in [0.5, 0.6) is 0 Å². The Balaban J connectivity index is 3.38. The van der Waals surface area contributed by atoms with Gasteiger partial charge in [-0.15, -0.1) is 0 Å². The van der Waals surface area contributed by atoms with E-state index in [9.17, 15) is 18.0 Å². The number of nitrogen functional groups attached to an aromatic ring is 1. The Morgan fingerprint density at radius 2 is 2.06 bits per heavy atom. The fourth-order valence-electron chi connectivity index (χ4n) is 1.20. The van der Waals surface area contributed by atoms with Crippen molar-refractivity contribution in [1.29, 1.82) is 0 Å². The van der Waals surface area contributed by atoms with E-state index in [1.54, 1.807) is 0 Å². The molecule has 0 amide bonds. The van der Waals surface area contributed by atoms with E-state index in [0.29, 0.717) is 6.29 Å². The number of carboxylic acids is 1. The highest BCUT2D eigenvalue weighted by atomic mass is 32.2. The molecule has 0 spiro atoms. The molecule has 0 fully saturated rings. The Bertz CT molecular complexity index is 579. The molecule has 0 bridgehead atoms. The van der Waals surface area contributed by atoms with Crippen molar-refractivity contribution < 1.29 is 23.1 Å². The van der Waals surface area contributed by atoms with Crippen LogP contribution in [0.3, 0.4) is 0 Å². The average molecular weight is 258 g/mol. The van der Waals surface area contributed by atoms with Crippen molar-refractivity contribution >= 4 is 33.7 Å². The number of carbonyl (C=O) groups excluding carboxylic acids is 1. The van der Waals surface area contributed by atoms with Crippen molar-refractivity contribution in [2.24, 2.45) is 0 Å². The van der Waals surface area contributed by atoms with Crippen LogP contribution in [0, 0.1) is 0 Å². The van der Waals surface area contributed by atoms with Gasteiger partial charge in [-0.3, -0.25) is 9.52 Å². The van der Waals surface area contributed by atoms with E-state index >= 15 is 0 Å². The van der Waals surface area contributed by atoms with E-state index in [1.807, 2.05) is 0 Å². The number of hydrogen-bond donors (Lipinski definition) is 3. The lowest BCUT2D eigenvalue weighted by Gasteiger charge is -2.09. The largest absolute Gasteiger partial charge is 0.478 e. The quantitative estimate of drug-likeness (QED) is 0.521. The second-order valence-corrected chi connectivity index (χ2v) is 5.07. The summed E-state index contributed by atoms with van der Waals surface area (Å²) in [5.41, 5.74) is 4.90. The molecule has 1 rings (SSSR count). The zero-order chi connectivity index (χ0) is 13.2. The topological polar surface area (TPSA) is 127 Å². The molecule has 0 heterocycles. The van der Waals surface area contributed by atoms with Gasteiger partial charge in [0.05, 0.1) is 17.5 Å². The van der Waals surface area contributed by atoms with Gasteiger partial charge in [-0.05, 0) is 12.1 Å². The number of nitrogens with one attached hydrogen (secondary N) is 1. The van der Waals surface area contributed by atoms with E-state index in [1.165, 1.54) is 0 Å². The van der Waals surface area contributed by atoms with Gasteiger partial charge in [-0.1, -0.05) is 0 Å². The van der Waals surface area contributed by atoms with Crippen LogP contribution in [-0.2, 0) is 10.0 Å². The first-order valence-corrected chi connectivity index (χ1v) is 6.23. The van der Waals surface area contributed by atoms with Gasteiger partial charge in [0, 0.05) is 11.3 Å². The van der Waals surface area contributed by atoms with Gasteiger partial charge >= 0.3 is 5.97 Å². The summed E-state index contributed by atoms with van der Waals surface area (Å²) in [6, 6.07) is 2.10. The smallest absolute Gasteiger partial charge is 0.337 e. The fraction of sp³-hybridized carbons (Fsp3) is 0.111. The molecular weight excluding hydrogens is 248 g/mol. The lowest BCUT2D eigenvalue weighted by atomic mass is 10.1. The predicted octanol–water partition coefficient (Wildman–Crippen LogP) is 0.151. The van der Waals surface area contributed by atoms with Crippen LogP contribution < -0.4 is 10.5 Å². The van der Waals surface area contributed by atoms with Gasteiger partial charge < -0.3 is 10.8 Å². The van der Waals surface area contributed by atoms with Crippen molar-refractivity contribution in [3.63, 3.8) is 0 Å². The molecule has 0 aromatic heterocycles. The van der Waals surface area contributed by atoms with Crippen LogP contribution in [-0.4, -0.2) is 32.0 Å². The summed E-state index contributed by atoms with van der Waals surface area (Å²) < 4.78 is 24.1. The summed E-state index contributed by atoms with van der Waals surface area (Å²) in [7, 11) is -3.57.